The highest BCUT2D eigenvalue weighted by atomic mass is 16.4. The van der Waals surface area contributed by atoms with E-state index in [0.29, 0.717) is 5.92 Å². The van der Waals surface area contributed by atoms with E-state index >= 15 is 0 Å². The Hall–Kier alpha value is -0.860. The smallest absolute Gasteiger partial charge is 0.307 e. The number of carboxylic acid groups (broad SMARTS) is 1. The van der Waals surface area contributed by atoms with Gasteiger partial charge in [0.2, 0.25) is 0 Å². The molecule has 13 heavy (non-hydrogen) atoms. The van der Waals surface area contributed by atoms with Crippen molar-refractivity contribution in [2.24, 2.45) is 23.7 Å². The maximum absolute atomic E-state index is 11.3. The normalized spacial score (nSPS) is 42.2. The van der Waals surface area contributed by atoms with Crippen molar-refractivity contribution in [2.75, 3.05) is 0 Å². The number of carbonyl (C=O) groups is 2. The first-order valence-corrected chi connectivity index (χ1v) is 4.84. The fraction of sp³-hybridized carbons (Fsp3) is 0.800. The molecule has 3 heteroatoms. The van der Waals surface area contributed by atoms with Crippen LogP contribution in [0.1, 0.15) is 26.2 Å². The summed E-state index contributed by atoms with van der Waals surface area (Å²) in [5.74, 6) is -0.625. The van der Waals surface area contributed by atoms with Crippen molar-refractivity contribution in [3.05, 3.63) is 0 Å². The lowest BCUT2D eigenvalue weighted by atomic mass is 9.77. The summed E-state index contributed by atoms with van der Waals surface area (Å²) in [6.07, 6.45) is 3.02. The second-order valence-electron chi connectivity index (χ2n) is 4.33. The number of aliphatic carboxylic acids is 1. The third kappa shape index (κ3) is 1.18. The zero-order valence-electron chi connectivity index (χ0n) is 7.69. The van der Waals surface area contributed by atoms with Gasteiger partial charge in [-0.1, -0.05) is 0 Å². The van der Waals surface area contributed by atoms with Crippen molar-refractivity contribution in [2.45, 2.75) is 26.2 Å². The van der Waals surface area contributed by atoms with Crippen LogP contribution in [-0.2, 0) is 9.59 Å². The molecule has 0 aromatic rings. The summed E-state index contributed by atoms with van der Waals surface area (Å²) in [5.41, 5.74) is 0. The summed E-state index contributed by atoms with van der Waals surface area (Å²) < 4.78 is 0. The molecule has 0 saturated heterocycles. The minimum absolute atomic E-state index is 0.0691. The van der Waals surface area contributed by atoms with Gasteiger partial charge in [0.05, 0.1) is 5.92 Å². The van der Waals surface area contributed by atoms with Crippen LogP contribution in [0.15, 0.2) is 0 Å². The summed E-state index contributed by atoms with van der Waals surface area (Å²) >= 11 is 0. The highest BCUT2D eigenvalue weighted by Gasteiger charge is 2.52. The molecule has 2 bridgehead atoms. The van der Waals surface area contributed by atoms with Crippen LogP contribution in [0.4, 0.5) is 0 Å². The Morgan fingerprint density at radius 1 is 1.15 bits per heavy atom. The maximum Gasteiger partial charge on any atom is 0.307 e. The van der Waals surface area contributed by atoms with Gasteiger partial charge in [0.25, 0.3) is 0 Å². The first-order valence-electron chi connectivity index (χ1n) is 4.84. The molecule has 72 valence electrons. The Bertz CT molecular complexity index is 233. The molecule has 0 radical (unpaired) electrons. The highest BCUT2D eigenvalue weighted by Crippen LogP contribution is 2.52. The molecular formula is C10H14O3. The summed E-state index contributed by atoms with van der Waals surface area (Å²) in [6.45, 7) is 1.53. The molecule has 2 aliphatic carbocycles. The Labute approximate surface area is 77.1 Å². The van der Waals surface area contributed by atoms with Crippen LogP contribution in [-0.4, -0.2) is 16.9 Å². The van der Waals surface area contributed by atoms with Gasteiger partial charge in [0.1, 0.15) is 5.78 Å². The number of carboxylic acids is 1. The molecule has 0 aliphatic heterocycles. The molecule has 2 unspecified atom stereocenters. The van der Waals surface area contributed by atoms with Crippen LogP contribution in [0.3, 0.4) is 0 Å². The lowest BCUT2D eigenvalue weighted by Gasteiger charge is -2.25. The van der Waals surface area contributed by atoms with E-state index in [4.69, 9.17) is 5.11 Å². The van der Waals surface area contributed by atoms with Crippen molar-refractivity contribution in [3.63, 3.8) is 0 Å². The van der Waals surface area contributed by atoms with Crippen LogP contribution >= 0.6 is 0 Å². The van der Waals surface area contributed by atoms with Gasteiger partial charge < -0.3 is 5.11 Å². The van der Waals surface area contributed by atoms with E-state index in [9.17, 15) is 9.59 Å². The van der Waals surface area contributed by atoms with Crippen LogP contribution in [0, 0.1) is 23.7 Å². The van der Waals surface area contributed by atoms with Gasteiger partial charge in [0, 0.05) is 5.92 Å². The van der Waals surface area contributed by atoms with E-state index in [1.165, 1.54) is 6.92 Å². The Morgan fingerprint density at radius 2 is 1.69 bits per heavy atom. The minimum Gasteiger partial charge on any atom is -0.481 e. The van der Waals surface area contributed by atoms with Gasteiger partial charge in [-0.3, -0.25) is 9.59 Å². The van der Waals surface area contributed by atoms with Gasteiger partial charge in [-0.2, -0.15) is 0 Å². The monoisotopic (exact) mass is 182 g/mol. The lowest BCUT2D eigenvalue weighted by Crippen LogP contribution is -2.33. The van der Waals surface area contributed by atoms with Crippen molar-refractivity contribution >= 4 is 11.8 Å². The van der Waals surface area contributed by atoms with Crippen LogP contribution < -0.4 is 0 Å². The number of hydrogen-bond acceptors (Lipinski definition) is 2. The highest BCUT2D eigenvalue weighted by molar-refractivity contribution is 5.85. The molecule has 0 amide bonds. The lowest BCUT2D eigenvalue weighted by molar-refractivity contribution is -0.148. The fourth-order valence-electron chi connectivity index (χ4n) is 3.23. The van der Waals surface area contributed by atoms with Crippen molar-refractivity contribution < 1.29 is 14.7 Å². The number of carbonyl (C=O) groups excluding carboxylic acids is 1. The molecule has 4 atom stereocenters. The largest absolute Gasteiger partial charge is 0.481 e. The molecule has 0 aromatic carbocycles. The van der Waals surface area contributed by atoms with E-state index in [-0.39, 0.29) is 23.5 Å². The standard InChI is InChI=1S/C10H14O3/c1-5(11)8-6-2-3-7(4-6)9(8)10(12)13/h6-9H,2-4H2,1H3,(H,12,13)/t6?,7?,8-,9-/m0/s1. The molecule has 2 aliphatic rings. The molecular weight excluding hydrogens is 168 g/mol. The average molecular weight is 182 g/mol. The third-order valence-electron chi connectivity index (χ3n) is 3.67. The molecule has 2 saturated carbocycles. The number of ketones is 1. The van der Waals surface area contributed by atoms with Gasteiger partial charge >= 0.3 is 5.97 Å². The average Bonchev–Trinajstić information content (AvgIpc) is 2.60. The zero-order chi connectivity index (χ0) is 9.59. The van der Waals surface area contributed by atoms with Crippen molar-refractivity contribution in [1.82, 2.24) is 0 Å². The van der Waals surface area contributed by atoms with E-state index in [0.717, 1.165) is 19.3 Å². The number of rotatable bonds is 2. The number of hydrogen-bond donors (Lipinski definition) is 1. The Morgan fingerprint density at radius 3 is 2.08 bits per heavy atom. The molecule has 0 aromatic heterocycles. The van der Waals surface area contributed by atoms with E-state index < -0.39 is 5.97 Å². The number of fused-ring (bicyclic) bond motifs is 2. The number of Topliss-reactive ketones (excluding diaryl/α,β-unsaturated/α-hetero) is 1. The Balaban J connectivity index is 2.24. The van der Waals surface area contributed by atoms with Crippen molar-refractivity contribution in [3.8, 4) is 0 Å². The fourth-order valence-corrected chi connectivity index (χ4v) is 3.23. The minimum atomic E-state index is -0.771. The van der Waals surface area contributed by atoms with Crippen molar-refractivity contribution in [1.29, 1.82) is 0 Å². The summed E-state index contributed by atoms with van der Waals surface area (Å²) in [4.78, 5) is 22.2. The topological polar surface area (TPSA) is 54.4 Å². The molecule has 2 fully saturated rings. The van der Waals surface area contributed by atoms with Gasteiger partial charge in [-0.05, 0) is 38.0 Å². The molecule has 0 heterocycles. The second kappa shape index (κ2) is 2.82. The molecule has 3 nitrogen and oxygen atoms in total. The quantitative estimate of drug-likeness (QED) is 0.700. The van der Waals surface area contributed by atoms with Crippen LogP contribution in [0.2, 0.25) is 0 Å². The van der Waals surface area contributed by atoms with Gasteiger partial charge in [0.15, 0.2) is 0 Å². The summed E-state index contributed by atoms with van der Waals surface area (Å²) in [5, 5.41) is 9.00. The molecule has 2 rings (SSSR count). The SMILES string of the molecule is CC(=O)[C@H]1C2CCC(C2)[C@@H]1C(=O)O. The first kappa shape index (κ1) is 8.73. The molecule has 1 N–H and O–H groups in total. The first-order chi connectivity index (χ1) is 6.11. The van der Waals surface area contributed by atoms with E-state index in [1.807, 2.05) is 0 Å². The predicted octanol–water partition coefficient (Wildman–Crippen LogP) is 1.32. The summed E-state index contributed by atoms with van der Waals surface area (Å²) in [7, 11) is 0. The second-order valence-corrected chi connectivity index (χ2v) is 4.33. The van der Waals surface area contributed by atoms with Gasteiger partial charge in [-0.15, -0.1) is 0 Å². The zero-order valence-corrected chi connectivity index (χ0v) is 7.69. The third-order valence-corrected chi connectivity index (χ3v) is 3.67. The van der Waals surface area contributed by atoms with Crippen LogP contribution in [0.25, 0.3) is 0 Å². The predicted molar refractivity (Wildman–Crippen MR) is 46.1 cm³/mol. The van der Waals surface area contributed by atoms with E-state index in [1.54, 1.807) is 0 Å². The maximum atomic E-state index is 11.3. The van der Waals surface area contributed by atoms with E-state index in [2.05, 4.69) is 0 Å². The van der Waals surface area contributed by atoms with Gasteiger partial charge in [-0.25, -0.2) is 0 Å². The van der Waals surface area contributed by atoms with Crippen LogP contribution in [0.5, 0.6) is 0 Å². The molecule has 0 spiro atoms. The summed E-state index contributed by atoms with van der Waals surface area (Å²) in [6, 6.07) is 0. The Kier molecular flexibility index (Phi) is 1.90.